The first-order valence-corrected chi connectivity index (χ1v) is 12.6. The quantitative estimate of drug-likeness (QED) is 0.656. The molecule has 35 heavy (non-hydrogen) atoms. The minimum absolute atomic E-state index is 0.00785. The lowest BCUT2D eigenvalue weighted by atomic mass is 9.98. The number of hydrogen-bond acceptors (Lipinski definition) is 4. The lowest BCUT2D eigenvalue weighted by molar-refractivity contribution is -0.142. The van der Waals surface area contributed by atoms with Gasteiger partial charge in [0.15, 0.2) is 0 Å². The molecule has 0 spiro atoms. The van der Waals surface area contributed by atoms with Crippen molar-refractivity contribution in [2.75, 3.05) is 13.2 Å². The van der Waals surface area contributed by atoms with E-state index in [1.807, 2.05) is 24.3 Å². The molecule has 2 amide bonds. The first-order chi connectivity index (χ1) is 17.0. The number of amides is 2. The van der Waals surface area contributed by atoms with E-state index in [0.29, 0.717) is 13.0 Å². The Morgan fingerprint density at radius 1 is 1.03 bits per heavy atom. The molecule has 0 radical (unpaired) electrons. The van der Waals surface area contributed by atoms with Gasteiger partial charge in [-0.3, -0.25) is 9.59 Å². The number of rotatable bonds is 6. The average Bonchev–Trinajstić information content (AvgIpc) is 3.16. The van der Waals surface area contributed by atoms with Gasteiger partial charge in [0, 0.05) is 24.5 Å². The largest absolute Gasteiger partial charge is 0.481 e. The molecule has 6 rings (SSSR count). The zero-order chi connectivity index (χ0) is 24.2. The highest BCUT2D eigenvalue weighted by atomic mass is 16.5. The molecule has 2 aromatic rings. The molecule has 7 nitrogen and oxygen atoms in total. The fraction of sp³-hybridized carbons (Fsp3) is 0.464. The third-order valence-electron chi connectivity index (χ3n) is 8.55. The van der Waals surface area contributed by atoms with Gasteiger partial charge in [0.2, 0.25) is 5.91 Å². The topological polar surface area (TPSA) is 95.9 Å². The van der Waals surface area contributed by atoms with Crippen molar-refractivity contribution in [3.63, 3.8) is 0 Å². The second-order valence-corrected chi connectivity index (χ2v) is 10.6. The molecule has 2 N–H and O–H groups in total. The number of carbonyl (C=O) groups is 3. The molecule has 1 saturated heterocycles. The predicted octanol–water partition coefficient (Wildman–Crippen LogP) is 4.16. The zero-order valence-electron chi connectivity index (χ0n) is 19.6. The zero-order valence-corrected chi connectivity index (χ0v) is 19.6. The van der Waals surface area contributed by atoms with E-state index in [4.69, 9.17) is 4.74 Å². The third kappa shape index (κ3) is 3.77. The van der Waals surface area contributed by atoms with Gasteiger partial charge >= 0.3 is 12.1 Å². The number of nitrogens with zero attached hydrogens (tertiary/aromatic N) is 1. The minimum atomic E-state index is -0.860. The number of benzene rings is 2. The molecule has 0 aromatic heterocycles. The molecule has 4 atom stereocenters. The molecule has 182 valence electrons. The molecule has 0 unspecified atom stereocenters. The Morgan fingerprint density at radius 3 is 2.40 bits per heavy atom. The lowest BCUT2D eigenvalue weighted by Gasteiger charge is -2.28. The Hall–Kier alpha value is -3.35. The highest BCUT2D eigenvalue weighted by Crippen LogP contribution is 2.64. The number of aliphatic carboxylic acids is 1. The van der Waals surface area contributed by atoms with Gasteiger partial charge < -0.3 is 20.1 Å². The fourth-order valence-corrected chi connectivity index (χ4v) is 6.87. The summed E-state index contributed by atoms with van der Waals surface area (Å²) in [6, 6.07) is 16.2. The van der Waals surface area contributed by atoms with Crippen molar-refractivity contribution in [1.29, 1.82) is 0 Å². The first kappa shape index (κ1) is 22.1. The number of hydrogen-bond donors (Lipinski definition) is 2. The predicted molar refractivity (Wildman–Crippen MR) is 129 cm³/mol. The van der Waals surface area contributed by atoms with Gasteiger partial charge in [-0.2, -0.15) is 0 Å². The first-order valence-electron chi connectivity index (χ1n) is 12.6. The van der Waals surface area contributed by atoms with Crippen LogP contribution in [0.1, 0.15) is 55.6 Å². The van der Waals surface area contributed by atoms with Crippen LogP contribution in [0.15, 0.2) is 48.5 Å². The Labute approximate surface area is 204 Å². The summed E-state index contributed by atoms with van der Waals surface area (Å²) < 4.78 is 5.70. The normalized spacial score (nSPS) is 28.2. The Bertz CT molecular complexity index is 1150. The number of nitrogens with one attached hydrogen (secondary N) is 1. The van der Waals surface area contributed by atoms with Crippen LogP contribution in [0.5, 0.6) is 0 Å². The van der Waals surface area contributed by atoms with Crippen LogP contribution in [0.3, 0.4) is 0 Å². The molecule has 3 aliphatic carbocycles. The van der Waals surface area contributed by atoms with Crippen molar-refractivity contribution in [3.05, 3.63) is 59.7 Å². The Balaban J connectivity index is 1.06. The maximum atomic E-state index is 13.4. The molecule has 3 fully saturated rings. The van der Waals surface area contributed by atoms with Crippen LogP contribution in [0, 0.1) is 11.3 Å². The summed E-state index contributed by atoms with van der Waals surface area (Å²) in [7, 11) is 0. The third-order valence-corrected chi connectivity index (χ3v) is 8.55. The summed E-state index contributed by atoms with van der Waals surface area (Å²) in [5.41, 5.74) is 4.31. The van der Waals surface area contributed by atoms with E-state index < -0.39 is 17.5 Å². The number of carboxylic acids is 1. The van der Waals surface area contributed by atoms with Gasteiger partial charge in [0.1, 0.15) is 6.61 Å². The summed E-state index contributed by atoms with van der Waals surface area (Å²) in [5, 5.41) is 12.2. The highest BCUT2D eigenvalue weighted by Gasteiger charge is 2.66. The van der Waals surface area contributed by atoms with Crippen LogP contribution in [-0.4, -0.2) is 53.2 Å². The van der Waals surface area contributed by atoms with Crippen LogP contribution in [0.4, 0.5) is 4.79 Å². The van der Waals surface area contributed by atoms with Crippen molar-refractivity contribution in [1.82, 2.24) is 10.2 Å². The number of likely N-dealkylation sites (tertiary alicyclic amines) is 1. The van der Waals surface area contributed by atoms with Crippen molar-refractivity contribution in [2.45, 2.75) is 56.5 Å². The number of ether oxygens (including phenoxy) is 1. The van der Waals surface area contributed by atoms with E-state index in [9.17, 15) is 19.5 Å². The number of alkyl carbamates (subject to hydrolysis) is 1. The van der Waals surface area contributed by atoms with Crippen molar-refractivity contribution in [2.24, 2.45) is 11.3 Å². The van der Waals surface area contributed by atoms with Gasteiger partial charge in [-0.15, -0.1) is 0 Å². The van der Waals surface area contributed by atoms with Crippen molar-refractivity contribution >= 4 is 18.0 Å². The van der Waals surface area contributed by atoms with Gasteiger partial charge in [0.05, 0.1) is 11.8 Å². The van der Waals surface area contributed by atoms with E-state index in [1.165, 1.54) is 22.3 Å². The maximum absolute atomic E-state index is 13.4. The van der Waals surface area contributed by atoms with Crippen LogP contribution < -0.4 is 5.32 Å². The molecule has 2 saturated carbocycles. The van der Waals surface area contributed by atoms with Gasteiger partial charge in [-0.25, -0.2) is 4.79 Å². The van der Waals surface area contributed by atoms with Crippen LogP contribution >= 0.6 is 0 Å². The fourth-order valence-electron chi connectivity index (χ4n) is 6.87. The smallest absolute Gasteiger partial charge is 0.407 e. The van der Waals surface area contributed by atoms with E-state index in [2.05, 4.69) is 29.6 Å². The molecular formula is C28H30N2O5. The number of carbonyl (C=O) groups excluding carboxylic acids is 2. The molecule has 7 heteroatoms. The summed E-state index contributed by atoms with van der Waals surface area (Å²) in [6.07, 6.45) is 3.39. The van der Waals surface area contributed by atoms with Gasteiger partial charge in [0.25, 0.3) is 0 Å². The van der Waals surface area contributed by atoms with Gasteiger partial charge in [-0.05, 0) is 60.3 Å². The maximum Gasteiger partial charge on any atom is 0.407 e. The molecule has 1 aliphatic heterocycles. The summed E-state index contributed by atoms with van der Waals surface area (Å²) in [5.74, 6) is -0.497. The van der Waals surface area contributed by atoms with E-state index >= 15 is 0 Å². The van der Waals surface area contributed by atoms with Crippen LogP contribution in [0.25, 0.3) is 11.1 Å². The summed E-state index contributed by atoms with van der Waals surface area (Å²) in [4.78, 5) is 39.1. The summed E-state index contributed by atoms with van der Waals surface area (Å²) >= 11 is 0. The van der Waals surface area contributed by atoms with Crippen LogP contribution in [-0.2, 0) is 14.3 Å². The van der Waals surface area contributed by atoms with E-state index in [-0.39, 0.29) is 42.9 Å². The molecule has 1 heterocycles. The number of fused-ring (bicyclic) bond motifs is 4. The molecule has 0 bridgehead atoms. The Morgan fingerprint density at radius 2 is 1.71 bits per heavy atom. The second kappa shape index (κ2) is 8.40. The average molecular weight is 475 g/mol. The summed E-state index contributed by atoms with van der Waals surface area (Å²) in [6.45, 7) is 0.903. The standard InChI is InChI=1S/C28H30N2O5/c31-25(32)13-19-6-5-11-30(19)26(33)28-14-17(28)12-18(15-28)29-27(34)35-16-24-22-9-3-1-7-20(22)21-8-2-4-10-23(21)24/h1-4,7-10,17-19,24H,5-6,11-16H2,(H,29,34)(H,31,32)/t17-,18+,19+,28+/m0/s1. The monoisotopic (exact) mass is 474 g/mol. The van der Waals surface area contributed by atoms with Crippen LogP contribution in [0.2, 0.25) is 0 Å². The second-order valence-electron chi connectivity index (χ2n) is 10.6. The minimum Gasteiger partial charge on any atom is -0.481 e. The van der Waals surface area contributed by atoms with Gasteiger partial charge in [-0.1, -0.05) is 48.5 Å². The van der Waals surface area contributed by atoms with Crippen molar-refractivity contribution < 1.29 is 24.2 Å². The number of carboxylic acid groups (broad SMARTS) is 1. The van der Waals surface area contributed by atoms with E-state index in [1.54, 1.807) is 4.90 Å². The van der Waals surface area contributed by atoms with E-state index in [0.717, 1.165) is 25.7 Å². The molecular weight excluding hydrogens is 444 g/mol. The Kier molecular flexibility index (Phi) is 5.31. The molecule has 4 aliphatic rings. The highest BCUT2D eigenvalue weighted by molar-refractivity contribution is 5.88. The molecule has 2 aromatic carbocycles. The SMILES string of the molecule is O=C(O)C[C@H]1CCCN1C(=O)[C@]12C[C@H](NC(=O)OCC3c4ccccc4-c4ccccc43)C[C@H]1C2. The van der Waals surface area contributed by atoms with Crippen molar-refractivity contribution in [3.8, 4) is 11.1 Å². The lowest BCUT2D eigenvalue weighted by Crippen LogP contribution is -2.43.